The minimum absolute atomic E-state index is 0.381. The fourth-order valence-electron chi connectivity index (χ4n) is 1.81. The Balaban J connectivity index is 2.33. The number of hydrogen-bond donors (Lipinski definition) is 2. The minimum atomic E-state index is -0.925. The summed E-state index contributed by atoms with van der Waals surface area (Å²) < 4.78 is 2.12. The van der Waals surface area contributed by atoms with Gasteiger partial charge in [-0.1, -0.05) is 37.3 Å². The third-order valence-corrected chi connectivity index (χ3v) is 3.26. The molecular weight excluding hydrogens is 234 g/mol. The van der Waals surface area contributed by atoms with Crippen molar-refractivity contribution in [1.29, 1.82) is 0 Å². The van der Waals surface area contributed by atoms with Gasteiger partial charge in [0.25, 0.3) is 0 Å². The Morgan fingerprint density at radius 2 is 2.12 bits per heavy atom. The molecule has 1 heterocycles. The van der Waals surface area contributed by atoms with Crippen molar-refractivity contribution < 1.29 is 5.11 Å². The number of aliphatic hydroxyl groups is 1. The lowest BCUT2D eigenvalue weighted by molar-refractivity contribution is 0.0105. The lowest BCUT2D eigenvalue weighted by atomic mass is 9.91. The number of nitrogens with zero attached hydrogens (tertiary/aromatic N) is 2. The summed E-state index contributed by atoms with van der Waals surface area (Å²) in [6.07, 6.45) is 2.14. The number of aromatic nitrogens is 3. The lowest BCUT2D eigenvalue weighted by Gasteiger charge is -2.27. The van der Waals surface area contributed by atoms with E-state index in [-0.39, 0.29) is 0 Å². The van der Waals surface area contributed by atoms with Gasteiger partial charge in [0, 0.05) is 0 Å². The topological polar surface area (TPSA) is 53.8 Å². The van der Waals surface area contributed by atoms with E-state index in [4.69, 9.17) is 12.2 Å². The van der Waals surface area contributed by atoms with Crippen LogP contribution in [0.4, 0.5) is 0 Å². The van der Waals surface area contributed by atoms with E-state index in [1.165, 1.54) is 6.33 Å². The first kappa shape index (κ1) is 12.0. The maximum absolute atomic E-state index is 10.7. The number of H-pyrrole nitrogens is 1. The summed E-state index contributed by atoms with van der Waals surface area (Å²) in [4.78, 5) is 3.94. The highest BCUT2D eigenvalue weighted by atomic mass is 32.1. The summed E-state index contributed by atoms with van der Waals surface area (Å²) in [5.41, 5.74) is -0.0366. The zero-order chi connectivity index (χ0) is 12.3. The molecule has 5 heteroatoms. The first-order chi connectivity index (χ1) is 8.15. The molecule has 4 nitrogen and oxygen atoms in total. The molecule has 1 atom stereocenters. The molecule has 2 N–H and O–H groups in total. The van der Waals surface area contributed by atoms with Gasteiger partial charge in [0.1, 0.15) is 11.9 Å². The molecule has 0 spiro atoms. The quantitative estimate of drug-likeness (QED) is 0.817. The average Bonchev–Trinajstić information content (AvgIpc) is 2.76. The molecule has 0 aliphatic carbocycles. The van der Waals surface area contributed by atoms with Crippen LogP contribution in [0.25, 0.3) is 0 Å². The number of rotatable bonds is 4. The van der Waals surface area contributed by atoms with E-state index in [0.717, 1.165) is 5.56 Å². The largest absolute Gasteiger partial charge is 0.383 e. The van der Waals surface area contributed by atoms with Gasteiger partial charge in [0.2, 0.25) is 4.77 Å². The summed E-state index contributed by atoms with van der Waals surface area (Å²) in [6, 6.07) is 9.61. The van der Waals surface area contributed by atoms with Gasteiger partial charge in [-0.15, -0.1) is 0 Å². The van der Waals surface area contributed by atoms with Crippen molar-refractivity contribution in [3.05, 3.63) is 47.0 Å². The van der Waals surface area contributed by atoms with E-state index in [9.17, 15) is 5.11 Å². The molecule has 0 saturated heterocycles. The number of hydrogen-bond acceptors (Lipinski definition) is 3. The monoisotopic (exact) mass is 249 g/mol. The van der Waals surface area contributed by atoms with Crippen molar-refractivity contribution in [2.45, 2.75) is 25.5 Å². The molecule has 0 aliphatic heterocycles. The molecule has 1 aromatic heterocycles. The first-order valence-electron chi connectivity index (χ1n) is 5.54. The summed E-state index contributed by atoms with van der Waals surface area (Å²) in [6.45, 7) is 2.33. The highest BCUT2D eigenvalue weighted by molar-refractivity contribution is 7.71. The molecule has 0 radical (unpaired) electrons. The van der Waals surface area contributed by atoms with Gasteiger partial charge in [-0.05, 0) is 24.2 Å². The Morgan fingerprint density at radius 3 is 2.65 bits per heavy atom. The molecule has 2 aromatic rings. The Labute approximate surface area is 105 Å². The van der Waals surface area contributed by atoms with Gasteiger partial charge in [-0.2, -0.15) is 0 Å². The molecule has 0 bridgehead atoms. The van der Waals surface area contributed by atoms with Crippen molar-refractivity contribution in [2.75, 3.05) is 0 Å². The maximum Gasteiger partial charge on any atom is 0.215 e. The van der Waals surface area contributed by atoms with Crippen LogP contribution in [-0.4, -0.2) is 19.9 Å². The Hall–Kier alpha value is -1.46. The van der Waals surface area contributed by atoms with Crippen LogP contribution in [0, 0.1) is 4.77 Å². The third-order valence-electron chi connectivity index (χ3n) is 2.94. The number of aromatic amines is 1. The molecule has 1 unspecified atom stereocenters. The van der Waals surface area contributed by atoms with E-state index < -0.39 is 5.60 Å². The van der Waals surface area contributed by atoms with E-state index in [1.807, 2.05) is 37.3 Å². The van der Waals surface area contributed by atoms with E-state index >= 15 is 0 Å². The van der Waals surface area contributed by atoms with Crippen molar-refractivity contribution >= 4 is 12.2 Å². The molecule has 90 valence electrons. The average molecular weight is 249 g/mol. The van der Waals surface area contributed by atoms with Crippen molar-refractivity contribution in [2.24, 2.45) is 0 Å². The second kappa shape index (κ2) is 4.81. The normalized spacial score (nSPS) is 14.5. The lowest BCUT2D eigenvalue weighted by Crippen LogP contribution is -2.31. The first-order valence-corrected chi connectivity index (χ1v) is 5.94. The van der Waals surface area contributed by atoms with Crippen LogP contribution in [0.5, 0.6) is 0 Å². The summed E-state index contributed by atoms with van der Waals surface area (Å²) in [5, 5.41) is 13.6. The van der Waals surface area contributed by atoms with Gasteiger partial charge in [0.05, 0.1) is 6.54 Å². The second-order valence-corrected chi connectivity index (χ2v) is 4.37. The van der Waals surface area contributed by atoms with Crippen molar-refractivity contribution in [3.8, 4) is 0 Å². The maximum atomic E-state index is 10.7. The van der Waals surface area contributed by atoms with Gasteiger partial charge < -0.3 is 5.11 Å². The van der Waals surface area contributed by atoms with E-state index in [0.29, 0.717) is 17.7 Å². The highest BCUT2D eigenvalue weighted by Gasteiger charge is 2.28. The molecule has 0 amide bonds. The standard InChI is InChI=1S/C12H15N3OS/c1-2-12(16,10-6-4-3-5-7-10)8-15-11(17)13-9-14-15/h3-7,9,16H,2,8H2,1H3,(H,13,14,17). The van der Waals surface area contributed by atoms with E-state index in [1.54, 1.807) is 4.68 Å². The fraction of sp³-hybridized carbons (Fsp3) is 0.333. The smallest absolute Gasteiger partial charge is 0.215 e. The molecule has 0 aliphatic rings. The number of nitrogens with one attached hydrogen (secondary N) is 1. The van der Waals surface area contributed by atoms with Crippen LogP contribution in [0.15, 0.2) is 36.7 Å². The molecular formula is C12H15N3OS. The molecule has 0 saturated carbocycles. The van der Waals surface area contributed by atoms with Gasteiger partial charge in [-0.25, -0.2) is 4.98 Å². The molecule has 0 fully saturated rings. The summed E-state index contributed by atoms with van der Waals surface area (Å²) in [5.74, 6) is 0. The predicted octanol–water partition coefficient (Wildman–Crippen LogP) is 2.24. The highest BCUT2D eigenvalue weighted by Crippen LogP contribution is 2.26. The molecule has 2 rings (SSSR count). The number of benzene rings is 1. The molecule has 1 aromatic carbocycles. The zero-order valence-electron chi connectivity index (χ0n) is 9.63. The van der Waals surface area contributed by atoms with Crippen LogP contribution in [0.1, 0.15) is 18.9 Å². The van der Waals surface area contributed by atoms with Crippen LogP contribution >= 0.6 is 12.2 Å². The second-order valence-electron chi connectivity index (χ2n) is 4.01. The van der Waals surface area contributed by atoms with Gasteiger partial charge in [0.15, 0.2) is 0 Å². The van der Waals surface area contributed by atoms with Crippen LogP contribution in [0.2, 0.25) is 0 Å². The summed E-state index contributed by atoms with van der Waals surface area (Å²) >= 11 is 5.06. The zero-order valence-corrected chi connectivity index (χ0v) is 10.4. The Bertz CT molecular complexity index is 534. The van der Waals surface area contributed by atoms with Crippen LogP contribution in [0.3, 0.4) is 0 Å². The van der Waals surface area contributed by atoms with Gasteiger partial charge >= 0.3 is 0 Å². The van der Waals surface area contributed by atoms with Crippen molar-refractivity contribution in [1.82, 2.24) is 14.8 Å². The summed E-state index contributed by atoms with van der Waals surface area (Å²) in [7, 11) is 0. The third kappa shape index (κ3) is 2.45. The molecule has 17 heavy (non-hydrogen) atoms. The predicted molar refractivity (Wildman–Crippen MR) is 68.0 cm³/mol. The van der Waals surface area contributed by atoms with Gasteiger partial charge in [-0.3, -0.25) is 9.78 Å². The Kier molecular flexibility index (Phi) is 3.40. The van der Waals surface area contributed by atoms with Crippen LogP contribution < -0.4 is 0 Å². The van der Waals surface area contributed by atoms with E-state index in [2.05, 4.69) is 10.1 Å². The van der Waals surface area contributed by atoms with Crippen LogP contribution in [-0.2, 0) is 12.1 Å². The SMILES string of the molecule is CCC(O)(Cn1[nH]cnc1=S)c1ccccc1. The minimum Gasteiger partial charge on any atom is -0.383 e. The Morgan fingerprint density at radius 1 is 1.41 bits per heavy atom. The van der Waals surface area contributed by atoms with Crippen molar-refractivity contribution in [3.63, 3.8) is 0 Å². The fourth-order valence-corrected chi connectivity index (χ4v) is 1.98.